The lowest BCUT2D eigenvalue weighted by atomic mass is 10.2. The van der Waals surface area contributed by atoms with E-state index in [1.165, 1.54) is 0 Å². The molecule has 1 aromatic rings. The largest absolute Gasteiger partial charge is 0.493 e. The number of benzene rings is 1. The van der Waals surface area contributed by atoms with Crippen molar-refractivity contribution in [3.8, 4) is 5.75 Å². The van der Waals surface area contributed by atoms with Crippen LogP contribution in [0.25, 0.3) is 0 Å². The Morgan fingerprint density at radius 3 is 2.53 bits per heavy atom. The lowest BCUT2D eigenvalue weighted by Gasteiger charge is -2.12. The van der Waals surface area contributed by atoms with Crippen LogP contribution in [-0.4, -0.2) is 25.2 Å². The fourth-order valence-electron chi connectivity index (χ4n) is 1.22. The van der Waals surface area contributed by atoms with Crippen molar-refractivity contribution in [1.82, 2.24) is 0 Å². The summed E-state index contributed by atoms with van der Waals surface area (Å²) in [4.78, 5) is 10.5. The molecule has 2 atom stereocenters. The average Bonchev–Trinajstić information content (AvgIpc) is 2.36. The second-order valence-electron chi connectivity index (χ2n) is 3.65. The topological polar surface area (TPSA) is 52.6 Å². The highest BCUT2D eigenvalue weighted by atomic mass is 31.1. The van der Waals surface area contributed by atoms with Gasteiger partial charge in [-0.2, -0.15) is 0 Å². The molecular weight excluding hydrogens is 239 g/mol. The van der Waals surface area contributed by atoms with Gasteiger partial charge in [-0.25, -0.2) is 0 Å². The predicted molar refractivity (Wildman–Crippen MR) is 67.4 cm³/mol. The van der Waals surface area contributed by atoms with Crippen LogP contribution in [0.15, 0.2) is 24.3 Å². The van der Waals surface area contributed by atoms with Gasteiger partial charge < -0.3 is 9.26 Å². The summed E-state index contributed by atoms with van der Waals surface area (Å²) in [5.41, 5.74) is 0.485. The summed E-state index contributed by atoms with van der Waals surface area (Å²) < 4.78 is 22.0. The molecule has 0 fully saturated rings. The van der Waals surface area contributed by atoms with Crippen LogP contribution in [0.5, 0.6) is 5.75 Å². The minimum atomic E-state index is -2.03. The van der Waals surface area contributed by atoms with Gasteiger partial charge in [0, 0.05) is 5.56 Å². The van der Waals surface area contributed by atoms with Gasteiger partial charge in [0.15, 0.2) is 8.03 Å². The summed E-state index contributed by atoms with van der Waals surface area (Å²) in [6.07, 6.45) is 0.778. The van der Waals surface area contributed by atoms with Crippen LogP contribution in [0.2, 0.25) is 0 Å². The van der Waals surface area contributed by atoms with Gasteiger partial charge >= 0.3 is 0 Å². The van der Waals surface area contributed by atoms with Crippen LogP contribution >= 0.6 is 8.03 Å². The smallest absolute Gasteiger partial charge is 0.197 e. The molecule has 0 spiro atoms. The Hall–Kier alpha value is -1.12. The third-order valence-electron chi connectivity index (χ3n) is 2.21. The number of carbonyl (C=O) groups is 1. The molecule has 17 heavy (non-hydrogen) atoms. The lowest BCUT2D eigenvalue weighted by molar-refractivity contribution is 0.112. The quantitative estimate of drug-likeness (QED) is 0.556. The second-order valence-corrected chi connectivity index (χ2v) is 5.56. The first-order valence-electron chi connectivity index (χ1n) is 5.52. The summed E-state index contributed by atoms with van der Waals surface area (Å²) in [5.74, 6) is 0.661. The normalized spacial score (nSPS) is 14.0. The molecule has 94 valence electrons. The Bertz CT molecular complexity index is 375. The number of hydrogen-bond acceptors (Lipinski definition) is 4. The molecule has 0 aromatic heterocycles. The first-order valence-corrected chi connectivity index (χ1v) is 6.91. The molecule has 0 N–H and O–H groups in total. The Morgan fingerprint density at radius 2 is 2.00 bits per heavy atom. The molecule has 0 saturated carbocycles. The van der Waals surface area contributed by atoms with E-state index in [2.05, 4.69) is 0 Å². The van der Waals surface area contributed by atoms with Crippen LogP contribution in [0, 0.1) is 0 Å². The van der Waals surface area contributed by atoms with E-state index in [1.807, 2.05) is 13.8 Å². The molecule has 0 heterocycles. The molecule has 0 amide bonds. The molecule has 1 aromatic carbocycles. The number of ether oxygens (including phenoxy) is 1. The summed E-state index contributed by atoms with van der Waals surface area (Å²) in [6, 6.07) is 6.79. The zero-order valence-corrected chi connectivity index (χ0v) is 11.0. The van der Waals surface area contributed by atoms with E-state index in [1.54, 1.807) is 24.3 Å². The molecule has 1 rings (SSSR count). The molecule has 5 heteroatoms. The minimum Gasteiger partial charge on any atom is -0.493 e. The summed E-state index contributed by atoms with van der Waals surface area (Å²) >= 11 is 0. The van der Waals surface area contributed by atoms with E-state index in [4.69, 9.17) is 9.26 Å². The lowest BCUT2D eigenvalue weighted by Crippen LogP contribution is -2.11. The average molecular weight is 256 g/mol. The monoisotopic (exact) mass is 256 g/mol. The Labute approximate surface area is 102 Å². The molecule has 0 aliphatic carbocycles. The van der Waals surface area contributed by atoms with Crippen molar-refractivity contribution in [1.29, 1.82) is 0 Å². The van der Waals surface area contributed by atoms with Gasteiger partial charge in [-0.15, -0.1) is 0 Å². The Balaban J connectivity index is 2.44. The van der Waals surface area contributed by atoms with Gasteiger partial charge in [0.25, 0.3) is 0 Å². The van der Waals surface area contributed by atoms with Crippen molar-refractivity contribution >= 4 is 14.3 Å². The van der Waals surface area contributed by atoms with Crippen molar-refractivity contribution in [2.45, 2.75) is 19.5 Å². The van der Waals surface area contributed by atoms with E-state index in [9.17, 15) is 9.36 Å². The molecule has 0 radical (unpaired) electrons. The van der Waals surface area contributed by atoms with E-state index in [0.717, 1.165) is 6.29 Å². The van der Waals surface area contributed by atoms with E-state index < -0.39 is 8.03 Å². The van der Waals surface area contributed by atoms with Crippen LogP contribution in [0.4, 0.5) is 0 Å². The standard InChI is InChI=1S/C12H17O4P/c1-3-16-17(14)10(2)9-15-12-6-4-11(8-13)5-7-12/h4-8,10,17H,3,9H2,1-2H3. The van der Waals surface area contributed by atoms with Gasteiger partial charge in [-0.1, -0.05) is 6.92 Å². The van der Waals surface area contributed by atoms with E-state index >= 15 is 0 Å². The fraction of sp³-hybridized carbons (Fsp3) is 0.417. The first kappa shape index (κ1) is 13.9. The maximum Gasteiger partial charge on any atom is 0.197 e. The van der Waals surface area contributed by atoms with Crippen molar-refractivity contribution in [2.75, 3.05) is 13.2 Å². The minimum absolute atomic E-state index is 0.120. The van der Waals surface area contributed by atoms with Crippen LogP contribution in [-0.2, 0) is 9.09 Å². The molecule has 0 aliphatic rings. The zero-order valence-electron chi connectivity index (χ0n) is 10.0. The third-order valence-corrected chi connectivity index (χ3v) is 3.75. The first-order chi connectivity index (χ1) is 8.17. The summed E-state index contributed by atoms with van der Waals surface area (Å²) in [7, 11) is -2.03. The van der Waals surface area contributed by atoms with Crippen molar-refractivity contribution < 1.29 is 18.6 Å². The molecule has 2 unspecified atom stereocenters. The highest BCUT2D eigenvalue weighted by molar-refractivity contribution is 7.40. The zero-order chi connectivity index (χ0) is 12.7. The predicted octanol–water partition coefficient (Wildman–Crippen LogP) is 2.78. The summed E-state index contributed by atoms with van der Waals surface area (Å²) in [5, 5.41) is 0. The number of rotatable bonds is 7. The van der Waals surface area contributed by atoms with Gasteiger partial charge in [-0.3, -0.25) is 9.36 Å². The van der Waals surface area contributed by atoms with Gasteiger partial charge in [0.05, 0.1) is 18.9 Å². The van der Waals surface area contributed by atoms with Crippen LogP contribution < -0.4 is 4.74 Å². The molecule has 0 aliphatic heterocycles. The van der Waals surface area contributed by atoms with Crippen molar-refractivity contribution in [2.24, 2.45) is 0 Å². The highest BCUT2D eigenvalue weighted by Crippen LogP contribution is 2.29. The summed E-state index contributed by atoms with van der Waals surface area (Å²) in [6.45, 7) is 4.44. The van der Waals surface area contributed by atoms with Crippen molar-refractivity contribution in [3.05, 3.63) is 29.8 Å². The van der Waals surface area contributed by atoms with E-state index in [0.29, 0.717) is 24.5 Å². The van der Waals surface area contributed by atoms with Gasteiger partial charge in [-0.05, 0) is 31.2 Å². The SMILES string of the molecule is CCO[PH](=O)C(C)COc1ccc(C=O)cc1. The van der Waals surface area contributed by atoms with E-state index in [-0.39, 0.29) is 5.66 Å². The second kappa shape index (κ2) is 7.25. The van der Waals surface area contributed by atoms with Crippen molar-refractivity contribution in [3.63, 3.8) is 0 Å². The van der Waals surface area contributed by atoms with Crippen LogP contribution in [0.1, 0.15) is 24.2 Å². The molecule has 4 nitrogen and oxygen atoms in total. The number of hydrogen-bond donors (Lipinski definition) is 0. The highest BCUT2D eigenvalue weighted by Gasteiger charge is 2.11. The molecule has 0 saturated heterocycles. The number of carbonyl (C=O) groups excluding carboxylic acids is 1. The Morgan fingerprint density at radius 1 is 1.35 bits per heavy atom. The maximum absolute atomic E-state index is 11.5. The maximum atomic E-state index is 11.5. The molecule has 0 bridgehead atoms. The fourth-order valence-corrected chi connectivity index (χ4v) is 2.00. The Kier molecular flexibility index (Phi) is 5.95. The van der Waals surface area contributed by atoms with Crippen LogP contribution in [0.3, 0.4) is 0 Å². The number of aldehydes is 1. The van der Waals surface area contributed by atoms with Gasteiger partial charge in [0.1, 0.15) is 12.0 Å². The third kappa shape index (κ3) is 4.72. The van der Waals surface area contributed by atoms with Gasteiger partial charge in [0.2, 0.25) is 0 Å². The molecular formula is C12H17O4P.